The molecule has 208 valence electrons. The first-order valence-corrected chi connectivity index (χ1v) is 14.7. The third-order valence-corrected chi connectivity index (χ3v) is 8.43. The van der Waals surface area contributed by atoms with Crippen LogP contribution in [0, 0.1) is 12.8 Å². The van der Waals surface area contributed by atoms with Crippen molar-refractivity contribution in [2.24, 2.45) is 5.92 Å². The first kappa shape index (κ1) is 30.5. The molecule has 0 saturated carbocycles. The van der Waals surface area contributed by atoms with Crippen LogP contribution in [-0.4, -0.2) is 44.3 Å². The first-order chi connectivity index (χ1) is 18.4. The van der Waals surface area contributed by atoms with Crippen molar-refractivity contribution in [1.29, 1.82) is 0 Å². The number of para-hydroxylation sites is 1. The first-order valence-electron chi connectivity index (χ1n) is 12.6. The molecule has 0 spiro atoms. The molecule has 0 heterocycles. The van der Waals surface area contributed by atoms with Gasteiger partial charge in [-0.25, -0.2) is 8.42 Å². The number of rotatable bonds is 11. The van der Waals surface area contributed by atoms with Crippen molar-refractivity contribution in [2.45, 2.75) is 45.2 Å². The Labute approximate surface area is 240 Å². The van der Waals surface area contributed by atoms with Crippen molar-refractivity contribution in [3.8, 4) is 0 Å². The van der Waals surface area contributed by atoms with E-state index in [-0.39, 0.29) is 34.0 Å². The highest BCUT2D eigenvalue weighted by Crippen LogP contribution is 2.31. The van der Waals surface area contributed by atoms with Crippen molar-refractivity contribution in [3.05, 3.63) is 94.0 Å². The van der Waals surface area contributed by atoms with E-state index in [9.17, 15) is 18.0 Å². The molecule has 0 aliphatic carbocycles. The summed E-state index contributed by atoms with van der Waals surface area (Å²) in [6.45, 7) is 7.33. The van der Waals surface area contributed by atoms with E-state index in [1.807, 2.05) is 20.8 Å². The standard InChI is InChI=1S/C29H33Cl2N3O4S/c1-20(2)17-32-29(36)22(4)33(18-23-8-7-9-24(30)16-23)28(35)19-34(27-11-6-5-10-26(27)31)39(37,38)25-14-12-21(3)13-15-25/h5-16,20,22H,17-19H2,1-4H3,(H,32,36)/t22-/m1/s1. The number of amides is 2. The van der Waals surface area contributed by atoms with Crippen LogP contribution in [0.5, 0.6) is 0 Å². The SMILES string of the molecule is Cc1ccc(S(=O)(=O)N(CC(=O)N(Cc2cccc(Cl)c2)[C@H](C)C(=O)NCC(C)C)c2ccccc2Cl)cc1. The second kappa shape index (κ2) is 13.3. The Hall–Kier alpha value is -3.07. The van der Waals surface area contributed by atoms with Gasteiger partial charge >= 0.3 is 0 Å². The Morgan fingerprint density at radius 2 is 1.59 bits per heavy atom. The number of anilines is 1. The minimum atomic E-state index is -4.19. The van der Waals surface area contributed by atoms with Crippen LogP contribution in [-0.2, 0) is 26.2 Å². The van der Waals surface area contributed by atoms with Gasteiger partial charge in [-0.05, 0) is 61.7 Å². The normalized spacial score (nSPS) is 12.2. The minimum absolute atomic E-state index is 0.0185. The molecule has 3 aromatic rings. The summed E-state index contributed by atoms with van der Waals surface area (Å²) in [6, 6.07) is 18.9. The third kappa shape index (κ3) is 7.97. The smallest absolute Gasteiger partial charge is 0.264 e. The van der Waals surface area contributed by atoms with Gasteiger partial charge in [0.1, 0.15) is 12.6 Å². The number of carbonyl (C=O) groups is 2. The summed E-state index contributed by atoms with van der Waals surface area (Å²) >= 11 is 12.6. The molecule has 0 unspecified atom stereocenters. The molecule has 2 amide bonds. The van der Waals surface area contributed by atoms with E-state index in [1.54, 1.807) is 67.6 Å². The average Bonchev–Trinajstić information content (AvgIpc) is 2.89. The zero-order valence-corrected chi connectivity index (χ0v) is 24.7. The molecule has 39 heavy (non-hydrogen) atoms. The Kier molecular flexibility index (Phi) is 10.4. The van der Waals surface area contributed by atoms with Crippen LogP contribution in [0.2, 0.25) is 10.0 Å². The summed E-state index contributed by atoms with van der Waals surface area (Å²) < 4.78 is 28.7. The van der Waals surface area contributed by atoms with Crippen molar-refractivity contribution >= 4 is 50.7 Å². The molecule has 0 aliphatic rings. The summed E-state index contributed by atoms with van der Waals surface area (Å²) in [5.41, 5.74) is 1.75. The summed E-state index contributed by atoms with van der Waals surface area (Å²) in [6.07, 6.45) is 0. The molecular formula is C29H33Cl2N3O4S. The lowest BCUT2D eigenvalue weighted by Crippen LogP contribution is -2.51. The molecule has 3 aromatic carbocycles. The fourth-order valence-corrected chi connectivity index (χ4v) is 5.81. The van der Waals surface area contributed by atoms with Crippen LogP contribution < -0.4 is 9.62 Å². The molecule has 0 bridgehead atoms. The maximum absolute atomic E-state index is 13.9. The lowest BCUT2D eigenvalue weighted by atomic mass is 10.1. The van der Waals surface area contributed by atoms with Gasteiger partial charge in [-0.2, -0.15) is 0 Å². The number of benzene rings is 3. The molecular weight excluding hydrogens is 557 g/mol. The number of nitrogens with one attached hydrogen (secondary N) is 1. The zero-order chi connectivity index (χ0) is 28.7. The van der Waals surface area contributed by atoms with Crippen LogP contribution in [0.25, 0.3) is 0 Å². The number of carbonyl (C=O) groups excluding carboxylic acids is 2. The largest absolute Gasteiger partial charge is 0.354 e. The van der Waals surface area contributed by atoms with E-state index < -0.39 is 28.5 Å². The van der Waals surface area contributed by atoms with Gasteiger partial charge in [-0.15, -0.1) is 0 Å². The van der Waals surface area contributed by atoms with Gasteiger partial charge < -0.3 is 10.2 Å². The van der Waals surface area contributed by atoms with Crippen LogP contribution in [0.15, 0.2) is 77.7 Å². The molecule has 1 N–H and O–H groups in total. The summed E-state index contributed by atoms with van der Waals surface area (Å²) in [5.74, 6) is -0.698. The summed E-state index contributed by atoms with van der Waals surface area (Å²) in [5, 5.41) is 3.51. The predicted octanol–water partition coefficient (Wildman–Crippen LogP) is 5.69. The number of halogens is 2. The fourth-order valence-electron chi connectivity index (χ4n) is 3.87. The fraction of sp³-hybridized carbons (Fsp3) is 0.310. The average molecular weight is 591 g/mol. The van der Waals surface area contributed by atoms with Gasteiger partial charge in [0.25, 0.3) is 10.0 Å². The minimum Gasteiger partial charge on any atom is -0.354 e. The topological polar surface area (TPSA) is 86.8 Å². The number of nitrogens with zero attached hydrogens (tertiary/aromatic N) is 2. The van der Waals surface area contributed by atoms with Crippen LogP contribution in [0.3, 0.4) is 0 Å². The molecule has 0 aromatic heterocycles. The van der Waals surface area contributed by atoms with Crippen LogP contribution in [0.4, 0.5) is 5.69 Å². The second-order valence-corrected chi connectivity index (χ2v) is 12.4. The van der Waals surface area contributed by atoms with Gasteiger partial charge in [0.05, 0.1) is 15.6 Å². The number of aryl methyl sites for hydroxylation is 1. The zero-order valence-electron chi connectivity index (χ0n) is 22.4. The van der Waals surface area contributed by atoms with Gasteiger partial charge in [-0.1, -0.05) is 79.0 Å². The number of hydrogen-bond acceptors (Lipinski definition) is 4. The molecule has 1 atom stereocenters. The lowest BCUT2D eigenvalue weighted by Gasteiger charge is -2.32. The van der Waals surface area contributed by atoms with Gasteiger partial charge in [0, 0.05) is 18.1 Å². The maximum Gasteiger partial charge on any atom is 0.264 e. The maximum atomic E-state index is 13.9. The Morgan fingerprint density at radius 3 is 2.21 bits per heavy atom. The lowest BCUT2D eigenvalue weighted by molar-refractivity contribution is -0.139. The van der Waals surface area contributed by atoms with Crippen LogP contribution >= 0.6 is 23.2 Å². The molecule has 7 nitrogen and oxygen atoms in total. The molecule has 10 heteroatoms. The van der Waals surface area contributed by atoms with E-state index in [2.05, 4.69) is 5.32 Å². The van der Waals surface area contributed by atoms with E-state index >= 15 is 0 Å². The third-order valence-electron chi connectivity index (χ3n) is 6.10. The summed E-state index contributed by atoms with van der Waals surface area (Å²) in [4.78, 5) is 28.3. The molecule has 0 radical (unpaired) electrons. The van der Waals surface area contributed by atoms with Crippen LogP contribution in [0.1, 0.15) is 31.9 Å². The van der Waals surface area contributed by atoms with Gasteiger partial charge in [-0.3, -0.25) is 13.9 Å². The highest BCUT2D eigenvalue weighted by atomic mass is 35.5. The molecule has 0 saturated heterocycles. The second-order valence-electron chi connectivity index (χ2n) is 9.74. The number of sulfonamides is 1. The highest BCUT2D eigenvalue weighted by Gasteiger charge is 2.33. The van der Waals surface area contributed by atoms with E-state index in [0.29, 0.717) is 17.1 Å². The van der Waals surface area contributed by atoms with E-state index in [1.165, 1.54) is 17.0 Å². The van der Waals surface area contributed by atoms with Crippen molar-refractivity contribution in [2.75, 3.05) is 17.4 Å². The predicted molar refractivity (Wildman–Crippen MR) is 156 cm³/mol. The van der Waals surface area contributed by atoms with E-state index in [0.717, 1.165) is 9.87 Å². The number of hydrogen-bond donors (Lipinski definition) is 1. The molecule has 0 aliphatic heterocycles. The highest BCUT2D eigenvalue weighted by molar-refractivity contribution is 7.92. The quantitative estimate of drug-likeness (QED) is 0.311. The van der Waals surface area contributed by atoms with Gasteiger partial charge in [0.15, 0.2) is 0 Å². The summed E-state index contributed by atoms with van der Waals surface area (Å²) in [7, 11) is -4.19. The molecule has 0 fully saturated rings. The Balaban J connectivity index is 2.02. The molecule has 3 rings (SSSR count). The monoisotopic (exact) mass is 589 g/mol. The van der Waals surface area contributed by atoms with Crippen molar-refractivity contribution in [1.82, 2.24) is 10.2 Å². The van der Waals surface area contributed by atoms with Crippen molar-refractivity contribution < 1.29 is 18.0 Å². The Morgan fingerprint density at radius 1 is 0.923 bits per heavy atom. The Bertz CT molecular complexity index is 1410. The van der Waals surface area contributed by atoms with Gasteiger partial charge in [0.2, 0.25) is 11.8 Å². The van der Waals surface area contributed by atoms with E-state index in [4.69, 9.17) is 23.2 Å². The van der Waals surface area contributed by atoms with Crippen molar-refractivity contribution in [3.63, 3.8) is 0 Å².